The molecule has 1 saturated carbocycles. The maximum Gasteiger partial charge on any atom is 0.225 e. The van der Waals surface area contributed by atoms with E-state index in [1.54, 1.807) is 12.4 Å². The van der Waals surface area contributed by atoms with Crippen LogP contribution in [0.2, 0.25) is 0 Å². The number of aromatic nitrogens is 2. The lowest BCUT2D eigenvalue weighted by Crippen LogP contribution is -2.36. The lowest BCUT2D eigenvalue weighted by Gasteiger charge is -2.33. The molecule has 1 heterocycles. The molecule has 1 aromatic heterocycles. The Kier molecular flexibility index (Phi) is 7.97. The van der Waals surface area contributed by atoms with Gasteiger partial charge in [0.2, 0.25) is 5.95 Å². The Bertz CT molecular complexity index is 546. The minimum absolute atomic E-state index is 0.199. The maximum atomic E-state index is 9.00. The molecule has 0 unspecified atom stereocenters. The number of likely N-dealkylation sites (N-methyl/N-ethyl adjacent to an activating group) is 1. The van der Waals surface area contributed by atoms with Gasteiger partial charge in [-0.15, -0.1) is 0 Å². The smallest absolute Gasteiger partial charge is 0.225 e. The second-order valence-electron chi connectivity index (χ2n) is 6.23. The molecule has 1 aliphatic rings. The summed E-state index contributed by atoms with van der Waals surface area (Å²) in [5.74, 6) is 8.00. The third-order valence-corrected chi connectivity index (χ3v) is 5.05. The van der Waals surface area contributed by atoms with Crippen LogP contribution in [0.1, 0.15) is 32.6 Å². The van der Waals surface area contributed by atoms with Crippen molar-refractivity contribution in [1.82, 2.24) is 14.9 Å². The Morgan fingerprint density at radius 1 is 1.25 bits per heavy atom. The van der Waals surface area contributed by atoms with Gasteiger partial charge in [0.05, 0.1) is 17.6 Å². The molecule has 2 rings (SSSR count). The first-order valence-electron chi connectivity index (χ1n) is 8.66. The molecule has 1 aromatic rings. The molecule has 0 saturated heterocycles. The number of rotatable bonds is 6. The zero-order valence-corrected chi connectivity index (χ0v) is 16.2. The van der Waals surface area contributed by atoms with Crippen molar-refractivity contribution in [3.63, 3.8) is 0 Å². The Hall–Kier alpha value is -1.16. The van der Waals surface area contributed by atoms with E-state index in [0.29, 0.717) is 18.5 Å². The molecule has 1 aliphatic carbocycles. The standard InChI is InChI=1S/C18H27BrN4O/c1-3-23(11-12-24)10-4-5-15-6-8-17(9-7-15)22(2)18-20-13-16(19)14-21-18/h13-15,17,24H,3,6-12H2,1-2H3. The summed E-state index contributed by atoms with van der Waals surface area (Å²) in [6, 6.07) is 0.491. The van der Waals surface area contributed by atoms with Crippen LogP contribution < -0.4 is 4.90 Å². The molecular formula is C18H27BrN4O. The largest absolute Gasteiger partial charge is 0.395 e. The van der Waals surface area contributed by atoms with E-state index in [4.69, 9.17) is 5.11 Å². The zero-order valence-electron chi connectivity index (χ0n) is 14.6. The summed E-state index contributed by atoms with van der Waals surface area (Å²) < 4.78 is 0.904. The Morgan fingerprint density at radius 2 is 1.92 bits per heavy atom. The third-order valence-electron chi connectivity index (χ3n) is 4.64. The van der Waals surface area contributed by atoms with Gasteiger partial charge in [-0.3, -0.25) is 4.90 Å². The number of nitrogens with zero attached hydrogens (tertiary/aromatic N) is 4. The van der Waals surface area contributed by atoms with E-state index in [0.717, 1.165) is 49.2 Å². The van der Waals surface area contributed by atoms with Crippen LogP contribution in [0.15, 0.2) is 16.9 Å². The van der Waals surface area contributed by atoms with Crippen LogP contribution in [0.25, 0.3) is 0 Å². The van der Waals surface area contributed by atoms with Crippen LogP contribution in [-0.2, 0) is 0 Å². The van der Waals surface area contributed by atoms with Gasteiger partial charge in [-0.2, -0.15) is 0 Å². The average Bonchev–Trinajstić information content (AvgIpc) is 2.61. The molecule has 0 atom stereocenters. The van der Waals surface area contributed by atoms with E-state index in [9.17, 15) is 0 Å². The summed E-state index contributed by atoms with van der Waals surface area (Å²) >= 11 is 3.37. The molecule has 0 bridgehead atoms. The molecule has 0 aliphatic heterocycles. The molecular weight excluding hydrogens is 368 g/mol. The number of anilines is 1. The molecule has 1 fully saturated rings. The van der Waals surface area contributed by atoms with Crippen LogP contribution >= 0.6 is 15.9 Å². The van der Waals surface area contributed by atoms with Crippen LogP contribution in [0.4, 0.5) is 5.95 Å². The Labute approximate surface area is 153 Å². The number of aliphatic hydroxyl groups is 1. The molecule has 5 nitrogen and oxygen atoms in total. The lowest BCUT2D eigenvalue weighted by molar-refractivity contribution is 0.216. The van der Waals surface area contributed by atoms with Gasteiger partial charge in [-0.25, -0.2) is 9.97 Å². The summed E-state index contributed by atoms with van der Waals surface area (Å²) in [4.78, 5) is 13.1. The highest BCUT2D eigenvalue weighted by Crippen LogP contribution is 2.28. The van der Waals surface area contributed by atoms with E-state index in [-0.39, 0.29) is 6.61 Å². The minimum Gasteiger partial charge on any atom is -0.395 e. The van der Waals surface area contributed by atoms with Gasteiger partial charge >= 0.3 is 0 Å². The highest BCUT2D eigenvalue weighted by atomic mass is 79.9. The number of aliphatic hydroxyl groups excluding tert-OH is 1. The van der Waals surface area contributed by atoms with Gasteiger partial charge < -0.3 is 10.0 Å². The first-order chi connectivity index (χ1) is 11.6. The van der Waals surface area contributed by atoms with Gasteiger partial charge in [0, 0.05) is 37.9 Å². The maximum absolute atomic E-state index is 9.00. The fraction of sp³-hybridized carbons (Fsp3) is 0.667. The van der Waals surface area contributed by atoms with E-state index in [1.165, 1.54) is 0 Å². The van der Waals surface area contributed by atoms with Crippen molar-refractivity contribution in [2.45, 2.75) is 38.6 Å². The molecule has 6 heteroatoms. The van der Waals surface area contributed by atoms with Crippen molar-refractivity contribution in [2.75, 3.05) is 38.2 Å². The van der Waals surface area contributed by atoms with Gasteiger partial charge in [0.1, 0.15) is 0 Å². The normalized spacial score (nSPS) is 20.5. The quantitative estimate of drug-likeness (QED) is 0.751. The molecule has 0 spiro atoms. The average molecular weight is 395 g/mol. The van der Waals surface area contributed by atoms with Gasteiger partial charge in [-0.1, -0.05) is 18.8 Å². The van der Waals surface area contributed by atoms with Crippen LogP contribution in [0, 0.1) is 17.8 Å². The van der Waals surface area contributed by atoms with Gasteiger partial charge in [0.15, 0.2) is 0 Å². The Balaban J connectivity index is 1.80. The molecule has 0 aromatic carbocycles. The monoisotopic (exact) mass is 394 g/mol. The minimum atomic E-state index is 0.199. The molecule has 0 radical (unpaired) electrons. The van der Waals surface area contributed by atoms with Crippen molar-refractivity contribution < 1.29 is 5.11 Å². The predicted molar refractivity (Wildman–Crippen MR) is 101 cm³/mol. The molecule has 24 heavy (non-hydrogen) atoms. The zero-order chi connectivity index (χ0) is 17.4. The first kappa shape index (κ1) is 19.2. The van der Waals surface area contributed by atoms with E-state index in [2.05, 4.69) is 61.5 Å². The summed E-state index contributed by atoms with van der Waals surface area (Å²) in [7, 11) is 2.08. The number of hydrogen-bond acceptors (Lipinski definition) is 5. The van der Waals surface area contributed by atoms with Crippen LogP contribution in [0.5, 0.6) is 0 Å². The first-order valence-corrected chi connectivity index (χ1v) is 9.45. The summed E-state index contributed by atoms with van der Waals surface area (Å²) in [5, 5.41) is 9.00. The van der Waals surface area contributed by atoms with Gasteiger partial charge in [0.25, 0.3) is 0 Å². The van der Waals surface area contributed by atoms with Crippen molar-refractivity contribution in [2.24, 2.45) is 5.92 Å². The summed E-state index contributed by atoms with van der Waals surface area (Å²) in [6.07, 6.45) is 8.10. The van der Waals surface area contributed by atoms with Crippen molar-refractivity contribution in [1.29, 1.82) is 0 Å². The molecule has 1 N–H and O–H groups in total. The topological polar surface area (TPSA) is 52.5 Å². The Morgan fingerprint density at radius 3 is 2.50 bits per heavy atom. The summed E-state index contributed by atoms with van der Waals surface area (Å²) in [6.45, 7) is 4.69. The molecule has 0 amide bonds. The van der Waals surface area contributed by atoms with Crippen LogP contribution in [0.3, 0.4) is 0 Å². The molecule has 132 valence electrons. The highest BCUT2D eigenvalue weighted by molar-refractivity contribution is 9.10. The fourth-order valence-electron chi connectivity index (χ4n) is 3.05. The summed E-state index contributed by atoms with van der Waals surface area (Å²) in [5.41, 5.74) is 0. The van der Waals surface area contributed by atoms with Crippen molar-refractivity contribution in [3.05, 3.63) is 16.9 Å². The predicted octanol–water partition coefficient (Wildman–Crippen LogP) is 2.55. The third kappa shape index (κ3) is 5.73. The second-order valence-corrected chi connectivity index (χ2v) is 7.15. The SMILES string of the molecule is CCN(CC#CC1CCC(N(C)c2ncc(Br)cn2)CC1)CCO. The van der Waals surface area contributed by atoms with E-state index < -0.39 is 0 Å². The lowest BCUT2D eigenvalue weighted by atomic mass is 9.86. The highest BCUT2D eigenvalue weighted by Gasteiger charge is 2.24. The van der Waals surface area contributed by atoms with Crippen molar-refractivity contribution in [3.8, 4) is 11.8 Å². The second kappa shape index (κ2) is 9.97. The van der Waals surface area contributed by atoms with Gasteiger partial charge in [-0.05, 0) is 48.2 Å². The van der Waals surface area contributed by atoms with Crippen molar-refractivity contribution >= 4 is 21.9 Å². The number of halogens is 1. The van der Waals surface area contributed by atoms with Crippen LogP contribution in [-0.4, -0.2) is 59.3 Å². The van der Waals surface area contributed by atoms with E-state index >= 15 is 0 Å². The van der Waals surface area contributed by atoms with E-state index in [1.807, 2.05) is 0 Å². The number of hydrogen-bond donors (Lipinski definition) is 1. The fourth-order valence-corrected chi connectivity index (χ4v) is 3.26.